The molecule has 0 radical (unpaired) electrons. The average molecular weight is 433 g/mol. The quantitative estimate of drug-likeness (QED) is 0.111. The van der Waals surface area contributed by atoms with Gasteiger partial charge in [-0.1, -0.05) is 56.9 Å². The minimum Gasteiger partial charge on any atom is -0.373 e. The molecule has 0 aliphatic heterocycles. The van der Waals surface area contributed by atoms with Crippen LogP contribution in [0.15, 0.2) is 24.3 Å². The van der Waals surface area contributed by atoms with E-state index in [9.17, 15) is 19.5 Å². The van der Waals surface area contributed by atoms with E-state index in [-0.39, 0.29) is 13.0 Å². The van der Waals surface area contributed by atoms with Crippen molar-refractivity contribution in [3.8, 4) is 0 Å². The predicted octanol–water partition coefficient (Wildman–Crippen LogP) is 5.76. The van der Waals surface area contributed by atoms with Crippen LogP contribution in [0.2, 0.25) is 0 Å². The van der Waals surface area contributed by atoms with Crippen LogP contribution in [0.25, 0.3) is 0 Å². The fourth-order valence-electron chi connectivity index (χ4n) is 3.42. The smallest absolute Gasteiger partial charge is 0.362 e. The van der Waals surface area contributed by atoms with E-state index in [4.69, 9.17) is 0 Å². The Kier molecular flexibility index (Phi) is 15.1. The van der Waals surface area contributed by atoms with Gasteiger partial charge in [0.15, 0.2) is 0 Å². The normalized spacial score (nSPS) is 15.4. The molecule has 5 nitrogen and oxygen atoms in total. The van der Waals surface area contributed by atoms with Crippen molar-refractivity contribution in [1.82, 2.24) is 0 Å². The molecule has 1 atom stereocenters. The molecule has 0 spiro atoms. The maximum absolute atomic E-state index is 11.7. The molecule has 6 heteroatoms. The highest BCUT2D eigenvalue weighted by molar-refractivity contribution is 7.53. The lowest BCUT2D eigenvalue weighted by atomic mass is 10.1. The molecule has 1 unspecified atom stereocenters. The minimum absolute atomic E-state index is 0.0473. The molecule has 0 heterocycles. The number of hydrogen-bond donors (Lipinski definition) is 3. The molecule has 29 heavy (non-hydrogen) atoms. The minimum atomic E-state index is -4.55. The molecule has 0 aromatic carbocycles. The molecule has 0 aromatic heterocycles. The Balaban J connectivity index is 3.80. The summed E-state index contributed by atoms with van der Waals surface area (Å²) in [5.74, 6) is 0. The second kappa shape index (κ2) is 15.4. The van der Waals surface area contributed by atoms with Gasteiger partial charge >= 0.3 is 7.60 Å². The van der Waals surface area contributed by atoms with Crippen molar-refractivity contribution in [1.29, 1.82) is 0 Å². The molecular formula is C23H47NO4P+. The monoisotopic (exact) mass is 432 g/mol. The van der Waals surface area contributed by atoms with Crippen molar-refractivity contribution in [3.63, 3.8) is 0 Å². The van der Waals surface area contributed by atoms with Gasteiger partial charge in [-0.3, -0.25) is 4.57 Å². The molecule has 0 fully saturated rings. The van der Waals surface area contributed by atoms with Crippen LogP contribution in [-0.2, 0) is 4.57 Å². The van der Waals surface area contributed by atoms with Gasteiger partial charge in [-0.25, -0.2) is 0 Å². The Morgan fingerprint density at radius 2 is 1.17 bits per heavy atom. The van der Waals surface area contributed by atoms with E-state index in [1.807, 2.05) is 21.1 Å². The van der Waals surface area contributed by atoms with Crippen LogP contribution < -0.4 is 0 Å². The number of hydrogen-bond acceptors (Lipinski definition) is 2. The van der Waals surface area contributed by atoms with Crippen molar-refractivity contribution in [2.24, 2.45) is 0 Å². The Labute approximate surface area is 179 Å². The van der Waals surface area contributed by atoms with Crippen molar-refractivity contribution < 1.29 is 23.9 Å². The van der Waals surface area contributed by atoms with Crippen molar-refractivity contribution in [3.05, 3.63) is 24.3 Å². The van der Waals surface area contributed by atoms with Gasteiger partial charge in [0.05, 0.1) is 21.1 Å². The molecule has 0 aliphatic rings. The Bertz CT molecular complexity index is 507. The van der Waals surface area contributed by atoms with Crippen LogP contribution in [0, 0.1) is 0 Å². The summed E-state index contributed by atoms with van der Waals surface area (Å²) in [4.78, 5) is 19.1. The molecule has 0 rings (SSSR count). The molecule has 0 bridgehead atoms. The number of likely N-dealkylation sites (N-methyl/N-ethyl adjacent to an activating group) is 1. The maximum atomic E-state index is 11.7. The summed E-state index contributed by atoms with van der Waals surface area (Å²) in [6, 6.07) is 0. The topological polar surface area (TPSA) is 77.8 Å². The van der Waals surface area contributed by atoms with Crippen LogP contribution in [0.5, 0.6) is 0 Å². The van der Waals surface area contributed by atoms with Gasteiger partial charge in [0.2, 0.25) is 5.34 Å². The van der Waals surface area contributed by atoms with Crippen LogP contribution in [-0.4, -0.2) is 52.4 Å². The molecule has 0 saturated carbocycles. The maximum Gasteiger partial charge on any atom is 0.362 e. The third-order valence-electron chi connectivity index (χ3n) is 5.02. The summed E-state index contributed by atoms with van der Waals surface area (Å²) in [6.07, 6.45) is 22.6. The zero-order valence-corrected chi connectivity index (χ0v) is 20.2. The first-order valence-corrected chi connectivity index (χ1v) is 13.0. The highest BCUT2D eigenvalue weighted by Crippen LogP contribution is 2.52. The lowest BCUT2D eigenvalue weighted by molar-refractivity contribution is -0.875. The fourth-order valence-corrected chi connectivity index (χ4v) is 4.48. The number of unbranched alkanes of at least 4 members (excludes halogenated alkanes) is 9. The first kappa shape index (κ1) is 28.5. The largest absolute Gasteiger partial charge is 0.373 e. The molecule has 0 amide bonds. The van der Waals surface area contributed by atoms with Crippen LogP contribution in [0.3, 0.4) is 0 Å². The Morgan fingerprint density at radius 1 is 0.759 bits per heavy atom. The number of quaternary nitrogens is 1. The second-order valence-corrected chi connectivity index (χ2v) is 11.2. The van der Waals surface area contributed by atoms with E-state index in [0.717, 1.165) is 25.7 Å². The number of aliphatic hydroxyl groups is 1. The predicted molar refractivity (Wildman–Crippen MR) is 124 cm³/mol. The highest BCUT2D eigenvalue weighted by Gasteiger charge is 2.48. The first-order chi connectivity index (χ1) is 13.5. The van der Waals surface area contributed by atoms with Gasteiger partial charge in [0.1, 0.15) is 6.54 Å². The zero-order valence-electron chi connectivity index (χ0n) is 19.4. The molecule has 3 N–H and O–H groups in total. The third kappa shape index (κ3) is 16.0. The highest BCUT2D eigenvalue weighted by atomic mass is 31.2. The van der Waals surface area contributed by atoms with Gasteiger partial charge in [-0.2, -0.15) is 0 Å². The van der Waals surface area contributed by atoms with Crippen molar-refractivity contribution in [2.75, 3.05) is 27.7 Å². The number of allylic oxidation sites excluding steroid dienone is 4. The van der Waals surface area contributed by atoms with Gasteiger partial charge in [0, 0.05) is 0 Å². The van der Waals surface area contributed by atoms with E-state index in [2.05, 4.69) is 31.2 Å². The van der Waals surface area contributed by atoms with Gasteiger partial charge < -0.3 is 19.4 Å². The van der Waals surface area contributed by atoms with Gasteiger partial charge in [-0.05, 0) is 57.8 Å². The van der Waals surface area contributed by atoms with E-state index in [1.54, 1.807) is 0 Å². The second-order valence-electron chi connectivity index (χ2n) is 9.30. The summed E-state index contributed by atoms with van der Waals surface area (Å²) >= 11 is 0. The van der Waals surface area contributed by atoms with E-state index in [0.29, 0.717) is 10.9 Å². The standard InChI is InChI=1S/C23H46NO4P/c1-5-6-7-8-9-10-11-12-13-14-15-16-17-18-19-20-21-23(25,29(26,27)28)22-24(2,3)4/h8-9,15-16,25H,5-7,10-14,17-22H2,1-4H3,(H-,26,27,28)/p+1/b9-8-,16-15-. The molecule has 0 aromatic rings. The molecule has 0 saturated heterocycles. The lowest BCUT2D eigenvalue weighted by Gasteiger charge is -2.35. The Hall–Kier alpha value is -0.450. The van der Waals surface area contributed by atoms with Crippen molar-refractivity contribution >= 4 is 7.60 Å². The van der Waals surface area contributed by atoms with Crippen LogP contribution in [0.4, 0.5) is 0 Å². The van der Waals surface area contributed by atoms with E-state index < -0.39 is 12.9 Å². The van der Waals surface area contributed by atoms with E-state index >= 15 is 0 Å². The SMILES string of the molecule is CCCC/C=C\CCCCC/C=C\CCCCCC(O)(C[N+](C)(C)C)P(=O)(O)O. The van der Waals surface area contributed by atoms with E-state index in [1.165, 1.54) is 44.9 Å². The number of rotatable bonds is 18. The van der Waals surface area contributed by atoms with Gasteiger partial charge in [0.25, 0.3) is 0 Å². The summed E-state index contributed by atoms with van der Waals surface area (Å²) < 4.78 is 12.1. The zero-order chi connectivity index (χ0) is 22.2. The summed E-state index contributed by atoms with van der Waals surface area (Å²) in [6.45, 7) is 2.27. The Morgan fingerprint density at radius 3 is 1.55 bits per heavy atom. The summed E-state index contributed by atoms with van der Waals surface area (Å²) in [7, 11) is 0.935. The van der Waals surface area contributed by atoms with Crippen LogP contribution >= 0.6 is 7.60 Å². The molecule has 172 valence electrons. The number of nitrogens with zero attached hydrogens (tertiary/aromatic N) is 1. The average Bonchev–Trinajstić information content (AvgIpc) is 2.59. The fraction of sp³-hybridized carbons (Fsp3) is 0.826. The first-order valence-electron chi connectivity index (χ1n) is 11.4. The molecule has 0 aliphatic carbocycles. The summed E-state index contributed by atoms with van der Waals surface area (Å²) in [5, 5.41) is 8.58. The lowest BCUT2D eigenvalue weighted by Crippen LogP contribution is -2.49. The van der Waals surface area contributed by atoms with Crippen molar-refractivity contribution in [2.45, 2.75) is 95.7 Å². The third-order valence-corrected chi connectivity index (χ3v) is 6.47. The summed E-state index contributed by atoms with van der Waals surface area (Å²) in [5.41, 5.74) is 0. The van der Waals surface area contributed by atoms with Gasteiger partial charge in [-0.15, -0.1) is 0 Å². The molecular weight excluding hydrogens is 385 g/mol. The van der Waals surface area contributed by atoms with Crippen LogP contribution in [0.1, 0.15) is 90.4 Å².